The predicted octanol–water partition coefficient (Wildman–Crippen LogP) is 3.33. The number of amides is 3. The van der Waals surface area contributed by atoms with E-state index in [1.165, 1.54) is 12.1 Å². The lowest BCUT2D eigenvalue weighted by Gasteiger charge is -2.23. The van der Waals surface area contributed by atoms with Gasteiger partial charge in [-0.25, -0.2) is 9.18 Å². The van der Waals surface area contributed by atoms with E-state index < -0.39 is 23.3 Å². The normalized spacial score (nSPS) is 19.9. The van der Waals surface area contributed by atoms with E-state index in [4.69, 9.17) is 16.3 Å². The summed E-state index contributed by atoms with van der Waals surface area (Å²) in [6.45, 7) is 1.80. The molecule has 1 unspecified atom stereocenters. The molecule has 1 heterocycles. The average molecular weight is 363 g/mol. The van der Waals surface area contributed by atoms with Gasteiger partial charge in [-0.3, -0.25) is 9.69 Å². The number of nitrogens with one attached hydrogen (secondary N) is 1. The number of para-hydroxylation sites is 1. The van der Waals surface area contributed by atoms with Gasteiger partial charge in [0.05, 0.1) is 6.54 Å². The molecule has 1 atom stereocenters. The maximum Gasteiger partial charge on any atom is 0.325 e. The summed E-state index contributed by atoms with van der Waals surface area (Å²) in [5, 5.41) is 2.71. The molecule has 1 aliphatic heterocycles. The first kappa shape index (κ1) is 17.2. The van der Waals surface area contributed by atoms with Crippen LogP contribution in [0.3, 0.4) is 0 Å². The summed E-state index contributed by atoms with van der Waals surface area (Å²) in [7, 11) is 0. The number of hydrogen-bond donors (Lipinski definition) is 1. The zero-order valence-corrected chi connectivity index (χ0v) is 14.2. The summed E-state index contributed by atoms with van der Waals surface area (Å²) in [6.07, 6.45) is 0. The molecule has 0 aliphatic carbocycles. The maximum absolute atomic E-state index is 13.3. The van der Waals surface area contributed by atoms with Crippen LogP contribution in [0.2, 0.25) is 5.02 Å². The lowest BCUT2D eigenvalue weighted by molar-refractivity contribution is -0.131. The molecule has 0 aromatic heterocycles. The number of carbonyl (C=O) groups is 2. The highest BCUT2D eigenvalue weighted by Gasteiger charge is 2.49. The molecule has 130 valence electrons. The van der Waals surface area contributed by atoms with Crippen LogP contribution in [0.5, 0.6) is 5.75 Å². The Morgan fingerprint density at radius 1 is 1.20 bits per heavy atom. The molecule has 0 saturated carbocycles. The molecular weight excluding hydrogens is 347 g/mol. The summed E-state index contributed by atoms with van der Waals surface area (Å²) in [4.78, 5) is 26.0. The average Bonchev–Trinajstić information content (AvgIpc) is 2.79. The number of urea groups is 1. The van der Waals surface area contributed by atoms with E-state index in [2.05, 4.69) is 5.32 Å². The first-order valence-corrected chi connectivity index (χ1v) is 8.07. The maximum atomic E-state index is 13.3. The fraction of sp³-hybridized carbons (Fsp3) is 0.222. The number of halogens is 2. The van der Waals surface area contributed by atoms with Gasteiger partial charge in [0.2, 0.25) is 0 Å². The van der Waals surface area contributed by atoms with Crippen molar-refractivity contribution in [2.75, 3.05) is 13.2 Å². The molecule has 0 bridgehead atoms. The Hall–Kier alpha value is -2.60. The van der Waals surface area contributed by atoms with Gasteiger partial charge in [0.1, 0.15) is 23.7 Å². The number of benzene rings is 2. The number of ether oxygens (including phenoxy) is 1. The third-order valence-electron chi connectivity index (χ3n) is 4.07. The van der Waals surface area contributed by atoms with Gasteiger partial charge in [0.15, 0.2) is 0 Å². The van der Waals surface area contributed by atoms with Gasteiger partial charge in [0.25, 0.3) is 5.91 Å². The standard InChI is InChI=1S/C18H16ClFN2O3/c1-18(14-8-7-12(20)11-15(14)19)16(23)22(17(24)21-18)9-10-25-13-5-3-2-4-6-13/h2-8,11H,9-10H2,1H3,(H,21,24). The van der Waals surface area contributed by atoms with Crippen molar-refractivity contribution in [3.63, 3.8) is 0 Å². The zero-order chi connectivity index (χ0) is 18.0. The van der Waals surface area contributed by atoms with Crippen molar-refractivity contribution in [3.05, 3.63) is 64.9 Å². The highest BCUT2D eigenvalue weighted by atomic mass is 35.5. The van der Waals surface area contributed by atoms with Gasteiger partial charge in [-0.05, 0) is 31.2 Å². The molecular formula is C18H16ClFN2O3. The van der Waals surface area contributed by atoms with Crippen LogP contribution < -0.4 is 10.1 Å². The molecule has 0 radical (unpaired) electrons. The van der Waals surface area contributed by atoms with Crippen LogP contribution in [0, 0.1) is 5.82 Å². The van der Waals surface area contributed by atoms with E-state index in [0.29, 0.717) is 11.3 Å². The van der Waals surface area contributed by atoms with Crippen LogP contribution in [-0.2, 0) is 10.3 Å². The molecule has 1 fully saturated rings. The topological polar surface area (TPSA) is 58.6 Å². The third kappa shape index (κ3) is 3.30. The number of imide groups is 1. The van der Waals surface area contributed by atoms with E-state index in [1.54, 1.807) is 19.1 Å². The molecule has 7 heteroatoms. The second-order valence-corrected chi connectivity index (χ2v) is 6.20. The molecule has 2 aromatic carbocycles. The smallest absolute Gasteiger partial charge is 0.325 e. The molecule has 1 aliphatic rings. The van der Waals surface area contributed by atoms with Crippen molar-refractivity contribution < 1.29 is 18.7 Å². The van der Waals surface area contributed by atoms with E-state index in [-0.39, 0.29) is 18.2 Å². The Labute approximate surface area is 149 Å². The van der Waals surface area contributed by atoms with Crippen LogP contribution in [0.4, 0.5) is 9.18 Å². The van der Waals surface area contributed by atoms with E-state index in [9.17, 15) is 14.0 Å². The van der Waals surface area contributed by atoms with Crippen molar-refractivity contribution >= 4 is 23.5 Å². The van der Waals surface area contributed by atoms with Crippen LogP contribution >= 0.6 is 11.6 Å². The van der Waals surface area contributed by atoms with Crippen LogP contribution in [0.25, 0.3) is 0 Å². The first-order chi connectivity index (χ1) is 11.9. The Morgan fingerprint density at radius 2 is 1.92 bits per heavy atom. The Kier molecular flexibility index (Phi) is 4.63. The summed E-state index contributed by atoms with van der Waals surface area (Å²) >= 11 is 6.06. The lowest BCUT2D eigenvalue weighted by atomic mass is 9.92. The molecule has 5 nitrogen and oxygen atoms in total. The summed E-state index contributed by atoms with van der Waals surface area (Å²) in [6, 6.07) is 12.3. The molecule has 1 saturated heterocycles. The number of nitrogens with zero attached hydrogens (tertiary/aromatic N) is 1. The summed E-state index contributed by atoms with van der Waals surface area (Å²) in [5.74, 6) is -0.316. The van der Waals surface area contributed by atoms with Gasteiger partial charge in [-0.15, -0.1) is 0 Å². The quantitative estimate of drug-likeness (QED) is 0.830. The van der Waals surface area contributed by atoms with Gasteiger partial charge in [-0.1, -0.05) is 35.9 Å². The fourth-order valence-corrected chi connectivity index (χ4v) is 3.11. The number of carbonyl (C=O) groups excluding carboxylic acids is 2. The number of hydrogen-bond acceptors (Lipinski definition) is 3. The van der Waals surface area contributed by atoms with Crippen LogP contribution in [0.1, 0.15) is 12.5 Å². The molecule has 2 aromatic rings. The molecule has 3 rings (SSSR count). The van der Waals surface area contributed by atoms with Gasteiger partial charge < -0.3 is 10.1 Å². The zero-order valence-electron chi connectivity index (χ0n) is 13.5. The molecule has 25 heavy (non-hydrogen) atoms. The summed E-state index contributed by atoms with van der Waals surface area (Å²) in [5.41, 5.74) is -0.991. The fourth-order valence-electron chi connectivity index (χ4n) is 2.75. The van der Waals surface area contributed by atoms with Crippen LogP contribution in [-0.4, -0.2) is 30.0 Å². The summed E-state index contributed by atoms with van der Waals surface area (Å²) < 4.78 is 18.8. The van der Waals surface area contributed by atoms with Gasteiger partial charge in [-0.2, -0.15) is 0 Å². The Morgan fingerprint density at radius 3 is 2.60 bits per heavy atom. The SMILES string of the molecule is CC1(c2ccc(F)cc2Cl)NC(=O)N(CCOc2ccccc2)C1=O. The van der Waals surface area contributed by atoms with E-state index in [1.807, 2.05) is 18.2 Å². The van der Waals surface area contributed by atoms with Crippen molar-refractivity contribution in [2.24, 2.45) is 0 Å². The second-order valence-electron chi connectivity index (χ2n) is 5.80. The Balaban J connectivity index is 1.73. The molecule has 3 amide bonds. The van der Waals surface area contributed by atoms with E-state index in [0.717, 1.165) is 11.0 Å². The molecule has 1 N–H and O–H groups in total. The van der Waals surface area contributed by atoms with E-state index >= 15 is 0 Å². The minimum absolute atomic E-state index is 0.0820. The van der Waals surface area contributed by atoms with Gasteiger partial charge >= 0.3 is 6.03 Å². The monoisotopic (exact) mass is 362 g/mol. The van der Waals surface area contributed by atoms with Crippen molar-refractivity contribution in [1.29, 1.82) is 0 Å². The van der Waals surface area contributed by atoms with Gasteiger partial charge in [0, 0.05) is 10.6 Å². The second kappa shape index (κ2) is 6.72. The minimum atomic E-state index is -1.34. The Bertz CT molecular complexity index is 815. The largest absolute Gasteiger partial charge is 0.492 e. The lowest BCUT2D eigenvalue weighted by Crippen LogP contribution is -2.41. The predicted molar refractivity (Wildman–Crippen MR) is 90.9 cm³/mol. The highest BCUT2D eigenvalue weighted by Crippen LogP contribution is 2.33. The minimum Gasteiger partial charge on any atom is -0.492 e. The first-order valence-electron chi connectivity index (χ1n) is 7.69. The third-order valence-corrected chi connectivity index (χ3v) is 4.38. The van der Waals surface area contributed by atoms with Crippen LogP contribution in [0.15, 0.2) is 48.5 Å². The number of rotatable bonds is 5. The van der Waals surface area contributed by atoms with Crippen molar-refractivity contribution in [2.45, 2.75) is 12.5 Å². The van der Waals surface area contributed by atoms with Crippen molar-refractivity contribution in [1.82, 2.24) is 10.2 Å². The highest BCUT2D eigenvalue weighted by molar-refractivity contribution is 6.32. The van der Waals surface area contributed by atoms with Crippen molar-refractivity contribution in [3.8, 4) is 5.75 Å². The molecule has 0 spiro atoms.